The number of halogens is 1. The molecule has 0 saturated heterocycles. The minimum absolute atomic E-state index is 0.0112. The van der Waals surface area contributed by atoms with Gasteiger partial charge in [-0.05, 0) is 43.7 Å². The molecule has 0 aliphatic heterocycles. The summed E-state index contributed by atoms with van der Waals surface area (Å²) in [6, 6.07) is 10.8. The predicted octanol–water partition coefficient (Wildman–Crippen LogP) is 5.81. The second kappa shape index (κ2) is 11.5. The highest BCUT2D eigenvalue weighted by atomic mass is 19.1. The monoisotopic (exact) mass is 554 g/mol. The number of rotatable bonds is 9. The Bertz CT molecular complexity index is 1780. The fourth-order valence-corrected chi connectivity index (χ4v) is 4.32. The molecule has 0 N–H and O–H groups in total. The summed E-state index contributed by atoms with van der Waals surface area (Å²) in [6.45, 7) is 3.88. The molecule has 5 aromatic rings. The van der Waals surface area contributed by atoms with Crippen molar-refractivity contribution in [3.05, 3.63) is 101 Å². The number of nitrogens with zero attached hydrogens (tertiary/aromatic N) is 4. The van der Waals surface area contributed by atoms with Crippen molar-refractivity contribution in [1.82, 2.24) is 19.5 Å². The number of hydrogen-bond acceptors (Lipinski definition) is 8. The van der Waals surface area contributed by atoms with E-state index >= 15 is 0 Å². The normalized spacial score (nSPS) is 11.1. The molecule has 3 aromatic heterocycles. The molecular formula is C31H27FN4O5. The molecule has 0 aliphatic rings. The highest BCUT2D eigenvalue weighted by Crippen LogP contribution is 2.36. The lowest BCUT2D eigenvalue weighted by Crippen LogP contribution is -2.22. The number of aromatic nitrogens is 4. The number of ketones is 1. The van der Waals surface area contributed by atoms with Crippen molar-refractivity contribution in [3.8, 4) is 34.1 Å². The summed E-state index contributed by atoms with van der Waals surface area (Å²) >= 11 is 0. The van der Waals surface area contributed by atoms with Gasteiger partial charge in [-0.25, -0.2) is 14.4 Å². The van der Waals surface area contributed by atoms with Gasteiger partial charge in [0.1, 0.15) is 17.4 Å². The van der Waals surface area contributed by atoms with Gasteiger partial charge in [-0.1, -0.05) is 12.1 Å². The maximum absolute atomic E-state index is 13.5. The molecule has 3 heterocycles. The quantitative estimate of drug-likeness (QED) is 0.210. The summed E-state index contributed by atoms with van der Waals surface area (Å²) in [4.78, 5) is 39.5. The number of methoxy groups -OCH3 is 2. The minimum atomic E-state index is -0.435. The lowest BCUT2D eigenvalue weighted by atomic mass is 10.0. The molecule has 0 amide bonds. The van der Waals surface area contributed by atoms with Crippen molar-refractivity contribution in [2.24, 2.45) is 0 Å². The van der Waals surface area contributed by atoms with Crippen LogP contribution in [-0.2, 0) is 6.42 Å². The SMILES string of the molecule is COc1cc2nccc(Oc3cnc(CC(=O)c4cn(C(C)C)cc(-c5ccc(F)cc5)c4=O)nc3)c2cc1OC. The first kappa shape index (κ1) is 27.4. The number of carbonyl (C=O) groups excluding carboxylic acids is 1. The van der Waals surface area contributed by atoms with Crippen LogP contribution in [0.5, 0.6) is 23.0 Å². The first-order chi connectivity index (χ1) is 19.8. The van der Waals surface area contributed by atoms with Gasteiger partial charge in [-0.2, -0.15) is 0 Å². The van der Waals surface area contributed by atoms with Crippen LogP contribution in [0.3, 0.4) is 0 Å². The lowest BCUT2D eigenvalue weighted by molar-refractivity contribution is 0.0989. The van der Waals surface area contributed by atoms with Crippen molar-refractivity contribution < 1.29 is 23.4 Å². The average molecular weight is 555 g/mol. The maximum Gasteiger partial charge on any atom is 0.200 e. The van der Waals surface area contributed by atoms with Crippen LogP contribution in [0.15, 0.2) is 78.2 Å². The molecule has 5 rings (SSSR count). The van der Waals surface area contributed by atoms with Crippen molar-refractivity contribution in [1.29, 1.82) is 0 Å². The zero-order valence-corrected chi connectivity index (χ0v) is 22.9. The van der Waals surface area contributed by atoms with E-state index < -0.39 is 17.0 Å². The molecule has 10 heteroatoms. The van der Waals surface area contributed by atoms with Crippen LogP contribution in [-0.4, -0.2) is 39.5 Å². The Hall–Kier alpha value is -5.12. The smallest absolute Gasteiger partial charge is 0.200 e. The van der Waals surface area contributed by atoms with E-state index in [9.17, 15) is 14.0 Å². The van der Waals surface area contributed by atoms with E-state index in [0.717, 1.165) is 0 Å². The highest BCUT2D eigenvalue weighted by Gasteiger charge is 2.19. The molecule has 0 bridgehead atoms. The van der Waals surface area contributed by atoms with Crippen molar-refractivity contribution in [3.63, 3.8) is 0 Å². The van der Waals surface area contributed by atoms with Crippen LogP contribution in [0.1, 0.15) is 36.1 Å². The zero-order chi connectivity index (χ0) is 29.1. The Labute approximate surface area is 235 Å². The van der Waals surface area contributed by atoms with E-state index in [2.05, 4.69) is 15.0 Å². The third kappa shape index (κ3) is 5.76. The molecule has 0 saturated carbocycles. The maximum atomic E-state index is 13.5. The Morgan fingerprint density at radius 2 is 1.61 bits per heavy atom. The molecule has 2 aromatic carbocycles. The summed E-state index contributed by atoms with van der Waals surface area (Å²) in [7, 11) is 3.10. The van der Waals surface area contributed by atoms with Crippen LogP contribution >= 0.6 is 0 Å². The lowest BCUT2D eigenvalue weighted by Gasteiger charge is -2.15. The summed E-state index contributed by atoms with van der Waals surface area (Å²) < 4.78 is 32.0. The summed E-state index contributed by atoms with van der Waals surface area (Å²) in [5.41, 5.74) is 1.07. The van der Waals surface area contributed by atoms with Crippen LogP contribution in [0.25, 0.3) is 22.0 Å². The zero-order valence-electron chi connectivity index (χ0n) is 22.9. The Morgan fingerprint density at radius 1 is 0.927 bits per heavy atom. The molecule has 0 atom stereocenters. The Balaban J connectivity index is 1.39. The van der Waals surface area contributed by atoms with E-state index in [1.165, 1.54) is 42.9 Å². The standard InChI is InChI=1S/C31H27FN4O5/c1-18(2)36-16-23(19-5-7-20(32)8-6-19)31(38)24(17-36)26(37)13-30-34-14-21(15-35-30)41-27-9-10-33-25-12-29(40-4)28(39-3)11-22(25)27/h5-12,14-18H,13H2,1-4H3. The number of fused-ring (bicyclic) bond motifs is 1. The van der Waals surface area contributed by atoms with Gasteiger partial charge in [-0.15, -0.1) is 0 Å². The van der Waals surface area contributed by atoms with E-state index in [1.807, 2.05) is 13.8 Å². The van der Waals surface area contributed by atoms with Crippen LogP contribution in [0, 0.1) is 5.82 Å². The van der Waals surface area contributed by atoms with Gasteiger partial charge in [0.05, 0.1) is 44.1 Å². The summed E-state index contributed by atoms with van der Waals surface area (Å²) in [6.07, 6.45) is 7.57. The summed E-state index contributed by atoms with van der Waals surface area (Å²) in [5, 5.41) is 0.701. The molecule has 0 aliphatic carbocycles. The van der Waals surface area contributed by atoms with E-state index in [-0.39, 0.29) is 23.9 Å². The first-order valence-electron chi connectivity index (χ1n) is 12.8. The van der Waals surface area contributed by atoms with E-state index in [1.54, 1.807) is 49.4 Å². The van der Waals surface area contributed by atoms with Gasteiger partial charge in [-0.3, -0.25) is 14.6 Å². The molecule has 9 nitrogen and oxygen atoms in total. The predicted molar refractivity (Wildman–Crippen MR) is 151 cm³/mol. The Morgan fingerprint density at radius 3 is 2.27 bits per heavy atom. The van der Waals surface area contributed by atoms with Crippen LogP contribution in [0.2, 0.25) is 0 Å². The van der Waals surface area contributed by atoms with Crippen LogP contribution < -0.4 is 19.6 Å². The second-order valence-corrected chi connectivity index (χ2v) is 9.53. The molecule has 0 unspecified atom stereocenters. The minimum Gasteiger partial charge on any atom is -0.493 e. The first-order valence-corrected chi connectivity index (χ1v) is 12.8. The second-order valence-electron chi connectivity index (χ2n) is 9.53. The van der Waals surface area contributed by atoms with Crippen molar-refractivity contribution in [2.75, 3.05) is 14.2 Å². The number of benzene rings is 2. The molecule has 0 spiro atoms. The molecule has 0 radical (unpaired) electrons. The molecule has 41 heavy (non-hydrogen) atoms. The van der Waals surface area contributed by atoms with Gasteiger partial charge >= 0.3 is 0 Å². The number of Topliss-reactive ketones (excluding diaryl/α,β-unsaturated/α-hetero) is 1. The van der Waals surface area contributed by atoms with Gasteiger partial charge in [0.25, 0.3) is 0 Å². The van der Waals surface area contributed by atoms with Crippen molar-refractivity contribution in [2.45, 2.75) is 26.3 Å². The van der Waals surface area contributed by atoms with Gasteiger partial charge in [0.2, 0.25) is 0 Å². The number of ether oxygens (including phenoxy) is 3. The molecular weight excluding hydrogens is 527 g/mol. The Kier molecular flexibility index (Phi) is 7.73. The molecule has 208 valence electrons. The van der Waals surface area contributed by atoms with E-state index in [0.29, 0.717) is 45.0 Å². The third-order valence-corrected chi connectivity index (χ3v) is 6.53. The summed E-state index contributed by atoms with van der Waals surface area (Å²) in [5.74, 6) is 1.33. The van der Waals surface area contributed by atoms with Gasteiger partial charge in [0, 0.05) is 41.6 Å². The average Bonchev–Trinajstić information content (AvgIpc) is 2.98. The van der Waals surface area contributed by atoms with Gasteiger partial charge in [0.15, 0.2) is 28.5 Å². The van der Waals surface area contributed by atoms with Crippen molar-refractivity contribution >= 4 is 16.7 Å². The largest absolute Gasteiger partial charge is 0.493 e. The highest BCUT2D eigenvalue weighted by molar-refractivity contribution is 5.97. The van der Waals surface area contributed by atoms with E-state index in [4.69, 9.17) is 14.2 Å². The number of hydrogen-bond donors (Lipinski definition) is 0. The topological polar surface area (TPSA) is 105 Å². The number of pyridine rings is 2. The fraction of sp³-hybridized carbons (Fsp3) is 0.194. The van der Waals surface area contributed by atoms with Crippen LogP contribution in [0.4, 0.5) is 4.39 Å². The molecule has 0 fully saturated rings. The third-order valence-electron chi connectivity index (χ3n) is 6.53. The number of carbonyl (C=O) groups is 1. The van der Waals surface area contributed by atoms with Gasteiger partial charge < -0.3 is 18.8 Å². The fourth-order valence-electron chi connectivity index (χ4n) is 4.32.